The summed E-state index contributed by atoms with van der Waals surface area (Å²) < 4.78 is 0. The van der Waals surface area contributed by atoms with Crippen LogP contribution in [0, 0.1) is 6.92 Å². The summed E-state index contributed by atoms with van der Waals surface area (Å²) in [6.07, 6.45) is 1.59. The second-order valence-electron chi connectivity index (χ2n) is 6.33. The molecule has 3 heterocycles. The van der Waals surface area contributed by atoms with Crippen molar-refractivity contribution in [3.05, 3.63) is 92.6 Å². The van der Waals surface area contributed by atoms with Crippen molar-refractivity contribution in [1.82, 2.24) is 4.98 Å². The van der Waals surface area contributed by atoms with Gasteiger partial charge in [-0.2, -0.15) is 0 Å². The Morgan fingerprint density at radius 3 is 2.68 bits per heavy atom. The van der Waals surface area contributed by atoms with E-state index in [1.807, 2.05) is 6.92 Å². The predicted octanol–water partition coefficient (Wildman–Crippen LogP) is 4.89. The first kappa shape index (κ1) is 18.4. The molecule has 0 bridgehead atoms. The van der Waals surface area contributed by atoms with Crippen LogP contribution in [-0.2, 0) is 4.79 Å². The number of amides is 1. The van der Waals surface area contributed by atoms with E-state index in [4.69, 9.17) is 11.6 Å². The van der Waals surface area contributed by atoms with Crippen LogP contribution in [0.15, 0.2) is 71.4 Å². The Morgan fingerprint density at radius 1 is 1.21 bits per heavy atom. The number of thiophene rings is 1. The van der Waals surface area contributed by atoms with E-state index in [2.05, 4.69) is 4.98 Å². The van der Waals surface area contributed by atoms with Crippen molar-refractivity contribution in [2.45, 2.75) is 13.0 Å². The van der Waals surface area contributed by atoms with Crippen LogP contribution in [-0.4, -0.2) is 21.8 Å². The van der Waals surface area contributed by atoms with E-state index in [0.717, 1.165) is 5.56 Å². The smallest absolute Gasteiger partial charge is 0.294 e. The molecule has 7 heteroatoms. The highest BCUT2D eigenvalue weighted by atomic mass is 35.5. The minimum atomic E-state index is -0.830. The van der Waals surface area contributed by atoms with Gasteiger partial charge in [-0.25, -0.2) is 0 Å². The van der Waals surface area contributed by atoms with Gasteiger partial charge in [0, 0.05) is 16.9 Å². The molecule has 0 fully saturated rings. The zero-order valence-corrected chi connectivity index (χ0v) is 16.4. The van der Waals surface area contributed by atoms with Crippen molar-refractivity contribution in [3.63, 3.8) is 0 Å². The van der Waals surface area contributed by atoms with Crippen LogP contribution in [0.2, 0.25) is 5.02 Å². The van der Waals surface area contributed by atoms with Gasteiger partial charge in [0.25, 0.3) is 5.91 Å². The molecule has 1 atom stereocenters. The van der Waals surface area contributed by atoms with Crippen LogP contribution in [0.3, 0.4) is 0 Å². The lowest BCUT2D eigenvalue weighted by molar-refractivity contribution is -0.117. The molecule has 0 saturated heterocycles. The summed E-state index contributed by atoms with van der Waals surface area (Å²) >= 11 is 7.32. The number of hydrogen-bond donors (Lipinski definition) is 1. The highest BCUT2D eigenvalue weighted by Gasteiger charge is 2.45. The van der Waals surface area contributed by atoms with Gasteiger partial charge in [-0.1, -0.05) is 23.7 Å². The molecule has 2 aromatic heterocycles. The number of carbonyl (C=O) groups excluding carboxylic acids is 2. The molecule has 3 aromatic rings. The maximum Gasteiger partial charge on any atom is 0.294 e. The molecule has 4 rings (SSSR count). The van der Waals surface area contributed by atoms with Crippen molar-refractivity contribution < 1.29 is 14.7 Å². The zero-order chi connectivity index (χ0) is 19.8. The van der Waals surface area contributed by atoms with E-state index in [9.17, 15) is 14.7 Å². The number of Topliss-reactive ketones (excluding diaryl/α,β-unsaturated/α-hetero) is 1. The molecular formula is C21H15ClN2O3S. The molecule has 1 unspecified atom stereocenters. The summed E-state index contributed by atoms with van der Waals surface area (Å²) in [5, 5.41) is 13.0. The molecule has 1 aliphatic heterocycles. The van der Waals surface area contributed by atoms with Crippen molar-refractivity contribution in [2.24, 2.45) is 0 Å². The van der Waals surface area contributed by atoms with Crippen LogP contribution in [0.25, 0.3) is 0 Å². The van der Waals surface area contributed by atoms with Crippen LogP contribution in [0.1, 0.15) is 27.0 Å². The molecule has 0 spiro atoms. The lowest BCUT2D eigenvalue weighted by atomic mass is 9.98. The Hall–Kier alpha value is -2.96. The van der Waals surface area contributed by atoms with Crippen LogP contribution in [0.4, 0.5) is 5.69 Å². The molecule has 1 N–H and O–H groups in total. The average molecular weight is 411 g/mol. The molecule has 1 aliphatic rings. The number of nitrogens with zero attached hydrogens (tertiary/aromatic N) is 2. The summed E-state index contributed by atoms with van der Waals surface area (Å²) in [7, 11) is 0. The molecule has 28 heavy (non-hydrogen) atoms. The number of halogens is 1. The number of benzene rings is 1. The maximum atomic E-state index is 13.1. The molecular weight excluding hydrogens is 396 g/mol. The number of hydrogen-bond acceptors (Lipinski definition) is 5. The first-order valence-corrected chi connectivity index (χ1v) is 9.76. The van der Waals surface area contributed by atoms with Gasteiger partial charge in [-0.05, 0) is 54.3 Å². The predicted molar refractivity (Wildman–Crippen MR) is 109 cm³/mol. The van der Waals surface area contributed by atoms with E-state index in [1.54, 1.807) is 60.1 Å². The largest absolute Gasteiger partial charge is 0.503 e. The Balaban J connectivity index is 1.90. The number of aromatic nitrogens is 1. The lowest BCUT2D eigenvalue weighted by Crippen LogP contribution is -2.32. The standard InChI is InChI=1S/C21H15ClN2O3S/c1-12-11-13(22)7-8-15(12)24-18(14-5-2-3-9-23-14)17(20(26)21(24)27)19(25)16-6-4-10-28-16/h2-11,18,26H,1H3. The zero-order valence-electron chi connectivity index (χ0n) is 14.8. The summed E-state index contributed by atoms with van der Waals surface area (Å²) in [4.78, 5) is 32.4. The maximum absolute atomic E-state index is 13.1. The third-order valence-corrected chi connectivity index (χ3v) is 5.69. The fourth-order valence-electron chi connectivity index (χ4n) is 3.33. The van der Waals surface area contributed by atoms with E-state index >= 15 is 0 Å². The Labute approximate surface area is 170 Å². The fraction of sp³-hybridized carbons (Fsp3) is 0.0952. The van der Waals surface area contributed by atoms with Crippen molar-refractivity contribution >= 4 is 40.3 Å². The van der Waals surface area contributed by atoms with E-state index in [-0.39, 0.29) is 11.4 Å². The lowest BCUT2D eigenvalue weighted by Gasteiger charge is -2.27. The SMILES string of the molecule is Cc1cc(Cl)ccc1N1C(=O)C(O)=C(C(=O)c2cccs2)C1c1ccccn1. The van der Waals surface area contributed by atoms with Crippen LogP contribution < -0.4 is 4.90 Å². The molecule has 0 aliphatic carbocycles. The second-order valence-corrected chi connectivity index (χ2v) is 7.72. The molecule has 1 amide bonds. The summed E-state index contributed by atoms with van der Waals surface area (Å²) in [6.45, 7) is 1.82. The number of anilines is 1. The van der Waals surface area contributed by atoms with E-state index in [0.29, 0.717) is 21.3 Å². The third kappa shape index (κ3) is 3.00. The molecule has 1 aromatic carbocycles. The summed E-state index contributed by atoms with van der Waals surface area (Å²) in [5.74, 6) is -1.57. The van der Waals surface area contributed by atoms with E-state index < -0.39 is 17.7 Å². The summed E-state index contributed by atoms with van der Waals surface area (Å²) in [5.41, 5.74) is 1.83. The van der Waals surface area contributed by atoms with Gasteiger partial charge in [0.15, 0.2) is 5.76 Å². The monoisotopic (exact) mass is 410 g/mol. The molecule has 140 valence electrons. The molecule has 0 radical (unpaired) electrons. The Bertz CT molecular complexity index is 1090. The highest BCUT2D eigenvalue weighted by Crippen LogP contribution is 2.42. The van der Waals surface area contributed by atoms with E-state index in [1.165, 1.54) is 16.2 Å². The minimum absolute atomic E-state index is 0.0282. The quantitative estimate of drug-likeness (QED) is 0.622. The second kappa shape index (κ2) is 7.22. The van der Waals surface area contributed by atoms with Gasteiger partial charge < -0.3 is 5.11 Å². The number of aryl methyl sites for hydroxylation is 1. The van der Waals surface area contributed by atoms with Gasteiger partial charge in [-0.15, -0.1) is 11.3 Å². The van der Waals surface area contributed by atoms with Crippen LogP contribution >= 0.6 is 22.9 Å². The van der Waals surface area contributed by atoms with Crippen molar-refractivity contribution in [3.8, 4) is 0 Å². The molecule has 5 nitrogen and oxygen atoms in total. The fourth-order valence-corrected chi connectivity index (χ4v) is 4.24. The highest BCUT2D eigenvalue weighted by molar-refractivity contribution is 7.12. The number of pyridine rings is 1. The normalized spacial score (nSPS) is 16.7. The summed E-state index contributed by atoms with van der Waals surface area (Å²) in [6, 6.07) is 13.0. The van der Waals surface area contributed by atoms with Gasteiger partial charge in [0.2, 0.25) is 5.78 Å². The Kier molecular flexibility index (Phi) is 4.75. The topological polar surface area (TPSA) is 70.5 Å². The minimum Gasteiger partial charge on any atom is -0.503 e. The average Bonchev–Trinajstić information content (AvgIpc) is 3.31. The van der Waals surface area contributed by atoms with Gasteiger partial charge in [0.05, 0.1) is 16.1 Å². The first-order valence-electron chi connectivity index (χ1n) is 8.51. The first-order chi connectivity index (χ1) is 13.5. The van der Waals surface area contributed by atoms with Crippen molar-refractivity contribution in [2.75, 3.05) is 4.90 Å². The number of carbonyl (C=O) groups is 2. The van der Waals surface area contributed by atoms with Crippen LogP contribution in [0.5, 0.6) is 0 Å². The Morgan fingerprint density at radius 2 is 2.04 bits per heavy atom. The van der Waals surface area contributed by atoms with Gasteiger partial charge in [0.1, 0.15) is 6.04 Å². The number of ketones is 1. The van der Waals surface area contributed by atoms with Gasteiger partial charge in [-0.3, -0.25) is 19.5 Å². The third-order valence-electron chi connectivity index (χ3n) is 4.58. The molecule has 0 saturated carbocycles. The number of aliphatic hydroxyl groups excluding tert-OH is 1. The number of aliphatic hydroxyl groups is 1. The number of rotatable bonds is 4. The van der Waals surface area contributed by atoms with Crippen molar-refractivity contribution in [1.29, 1.82) is 0 Å². The van der Waals surface area contributed by atoms with Gasteiger partial charge >= 0.3 is 0 Å².